The van der Waals surface area contributed by atoms with Gasteiger partial charge >= 0.3 is 6.03 Å². The van der Waals surface area contributed by atoms with Gasteiger partial charge in [0.05, 0.1) is 11.8 Å². The van der Waals surface area contributed by atoms with Crippen LogP contribution in [0.15, 0.2) is 46.9 Å². The Hall–Kier alpha value is -1.85. The van der Waals surface area contributed by atoms with E-state index in [1.807, 2.05) is 36.4 Å². The first-order valence-corrected chi connectivity index (χ1v) is 8.04. The number of fused-ring (bicyclic) bond motifs is 1. The molecule has 0 heterocycles. The van der Waals surface area contributed by atoms with Crippen LogP contribution >= 0.6 is 15.9 Å². The van der Waals surface area contributed by atoms with Crippen LogP contribution in [0.3, 0.4) is 0 Å². The highest BCUT2D eigenvalue weighted by molar-refractivity contribution is 9.10. The Balaban J connectivity index is 1.76. The van der Waals surface area contributed by atoms with E-state index in [0.29, 0.717) is 12.1 Å². The number of para-hydroxylation sites is 1. The Morgan fingerprint density at radius 2 is 1.82 bits per heavy atom. The molecule has 114 valence electrons. The topological polar surface area (TPSA) is 61.4 Å². The van der Waals surface area contributed by atoms with Crippen LogP contribution in [0, 0.1) is 0 Å². The van der Waals surface area contributed by atoms with Gasteiger partial charge in [0.15, 0.2) is 0 Å². The van der Waals surface area contributed by atoms with Gasteiger partial charge in [0.25, 0.3) is 0 Å². The van der Waals surface area contributed by atoms with E-state index in [9.17, 15) is 9.90 Å². The smallest absolute Gasteiger partial charge is 0.323 e. The maximum absolute atomic E-state index is 12.2. The average Bonchev–Trinajstić information content (AvgIpc) is 2.50. The number of nitrogens with one attached hydrogen (secondary N) is 2. The Bertz CT molecular complexity index is 703. The molecule has 22 heavy (non-hydrogen) atoms. The lowest BCUT2D eigenvalue weighted by atomic mass is 9.88. The molecule has 0 saturated heterocycles. The molecule has 1 aliphatic carbocycles. The number of carbonyl (C=O) groups is 1. The largest absolute Gasteiger partial charge is 0.393 e. The zero-order valence-electron chi connectivity index (χ0n) is 12.0. The number of anilines is 2. The maximum Gasteiger partial charge on any atom is 0.323 e. The second-order valence-corrected chi connectivity index (χ2v) is 6.25. The monoisotopic (exact) mass is 360 g/mol. The minimum absolute atomic E-state index is 0.291. The number of carbonyl (C=O) groups excluding carboxylic acids is 1. The SMILES string of the molecule is O=C(Nc1ccccc1Br)Nc1cccc2c1CC(O)CC2. The first-order valence-electron chi connectivity index (χ1n) is 7.25. The third-order valence-corrected chi connectivity index (χ3v) is 4.52. The van der Waals surface area contributed by atoms with Crippen LogP contribution in [0.1, 0.15) is 17.5 Å². The summed E-state index contributed by atoms with van der Waals surface area (Å²) in [4.78, 5) is 12.2. The predicted octanol–water partition coefficient (Wildman–Crippen LogP) is 3.94. The third-order valence-electron chi connectivity index (χ3n) is 3.83. The number of urea groups is 1. The summed E-state index contributed by atoms with van der Waals surface area (Å²) in [5.41, 5.74) is 3.71. The van der Waals surface area contributed by atoms with Crippen molar-refractivity contribution in [3.05, 3.63) is 58.1 Å². The molecule has 3 N–H and O–H groups in total. The summed E-state index contributed by atoms with van der Waals surface area (Å²) >= 11 is 3.40. The van der Waals surface area contributed by atoms with Gasteiger partial charge in [-0.25, -0.2) is 4.79 Å². The van der Waals surface area contributed by atoms with Gasteiger partial charge in [-0.2, -0.15) is 0 Å². The van der Waals surface area contributed by atoms with E-state index in [2.05, 4.69) is 32.6 Å². The summed E-state index contributed by atoms with van der Waals surface area (Å²) in [7, 11) is 0. The van der Waals surface area contributed by atoms with Crippen LogP contribution in [0.5, 0.6) is 0 Å². The molecule has 2 aromatic carbocycles. The van der Waals surface area contributed by atoms with Crippen molar-refractivity contribution in [2.45, 2.75) is 25.4 Å². The Morgan fingerprint density at radius 3 is 2.64 bits per heavy atom. The van der Waals surface area contributed by atoms with E-state index >= 15 is 0 Å². The lowest BCUT2D eigenvalue weighted by Gasteiger charge is -2.23. The molecule has 0 radical (unpaired) electrons. The number of benzene rings is 2. The van der Waals surface area contributed by atoms with Crippen LogP contribution in [-0.4, -0.2) is 17.2 Å². The summed E-state index contributed by atoms with van der Waals surface area (Å²) in [6.07, 6.45) is 1.87. The minimum atomic E-state index is -0.332. The normalized spacial score (nSPS) is 16.7. The van der Waals surface area contributed by atoms with E-state index in [1.54, 1.807) is 0 Å². The van der Waals surface area contributed by atoms with Gasteiger partial charge in [0.1, 0.15) is 0 Å². The maximum atomic E-state index is 12.2. The fourth-order valence-corrected chi connectivity index (χ4v) is 3.11. The van der Waals surface area contributed by atoms with Gasteiger partial charge < -0.3 is 15.7 Å². The van der Waals surface area contributed by atoms with Crippen LogP contribution < -0.4 is 10.6 Å². The first kappa shape index (κ1) is 15.1. The number of rotatable bonds is 2. The van der Waals surface area contributed by atoms with Crippen LogP contribution in [0.25, 0.3) is 0 Å². The first-order chi connectivity index (χ1) is 10.6. The number of aryl methyl sites for hydroxylation is 1. The molecule has 0 aromatic heterocycles. The van der Waals surface area contributed by atoms with Crippen LogP contribution in [-0.2, 0) is 12.8 Å². The molecule has 3 rings (SSSR count). The van der Waals surface area contributed by atoms with E-state index in [1.165, 1.54) is 5.56 Å². The van der Waals surface area contributed by atoms with Crippen molar-refractivity contribution in [3.8, 4) is 0 Å². The molecule has 2 amide bonds. The van der Waals surface area contributed by atoms with Crippen molar-refractivity contribution in [2.24, 2.45) is 0 Å². The molecule has 0 saturated carbocycles. The second-order valence-electron chi connectivity index (χ2n) is 5.40. The zero-order chi connectivity index (χ0) is 15.5. The lowest BCUT2D eigenvalue weighted by Crippen LogP contribution is -2.24. The van der Waals surface area contributed by atoms with E-state index in [-0.39, 0.29) is 12.1 Å². The number of halogens is 1. The molecule has 1 atom stereocenters. The predicted molar refractivity (Wildman–Crippen MR) is 91.3 cm³/mol. The summed E-state index contributed by atoms with van der Waals surface area (Å²) in [6, 6.07) is 13.0. The fraction of sp³-hybridized carbons (Fsp3) is 0.235. The van der Waals surface area contributed by atoms with Gasteiger partial charge in [0.2, 0.25) is 0 Å². The number of aliphatic hydroxyl groups excluding tert-OH is 1. The molecular weight excluding hydrogens is 344 g/mol. The van der Waals surface area contributed by atoms with Crippen molar-refractivity contribution in [1.82, 2.24) is 0 Å². The quantitative estimate of drug-likeness (QED) is 0.759. The number of hydrogen-bond acceptors (Lipinski definition) is 2. The van der Waals surface area contributed by atoms with Gasteiger partial charge in [-0.15, -0.1) is 0 Å². The van der Waals surface area contributed by atoms with E-state index in [4.69, 9.17) is 0 Å². The molecule has 4 nitrogen and oxygen atoms in total. The van der Waals surface area contributed by atoms with Gasteiger partial charge in [-0.3, -0.25) is 0 Å². The highest BCUT2D eigenvalue weighted by Crippen LogP contribution is 2.28. The Morgan fingerprint density at radius 1 is 1.09 bits per heavy atom. The molecule has 0 aliphatic heterocycles. The number of hydrogen-bond donors (Lipinski definition) is 3. The highest BCUT2D eigenvalue weighted by Gasteiger charge is 2.20. The number of aliphatic hydroxyl groups is 1. The average molecular weight is 361 g/mol. The van der Waals surface area contributed by atoms with Gasteiger partial charge in [-0.1, -0.05) is 24.3 Å². The molecule has 0 bridgehead atoms. The Labute approximate surface area is 137 Å². The Kier molecular flexibility index (Phi) is 4.45. The standard InChI is InChI=1S/C17H17BrN2O2/c18-14-5-1-2-6-16(14)20-17(22)19-15-7-3-4-11-8-9-12(21)10-13(11)15/h1-7,12,21H,8-10H2,(H2,19,20,22). The zero-order valence-corrected chi connectivity index (χ0v) is 13.6. The molecule has 1 unspecified atom stereocenters. The fourth-order valence-electron chi connectivity index (χ4n) is 2.73. The van der Waals surface area contributed by atoms with E-state index < -0.39 is 0 Å². The van der Waals surface area contributed by atoms with E-state index in [0.717, 1.165) is 28.6 Å². The molecule has 2 aromatic rings. The molecule has 0 spiro atoms. The van der Waals surface area contributed by atoms with Crippen molar-refractivity contribution >= 4 is 33.3 Å². The van der Waals surface area contributed by atoms with Crippen LogP contribution in [0.4, 0.5) is 16.2 Å². The van der Waals surface area contributed by atoms with Gasteiger partial charge in [-0.05, 0) is 58.1 Å². The van der Waals surface area contributed by atoms with Crippen molar-refractivity contribution in [2.75, 3.05) is 10.6 Å². The van der Waals surface area contributed by atoms with Crippen molar-refractivity contribution in [3.63, 3.8) is 0 Å². The summed E-state index contributed by atoms with van der Waals surface area (Å²) in [5.74, 6) is 0. The van der Waals surface area contributed by atoms with Crippen molar-refractivity contribution < 1.29 is 9.90 Å². The van der Waals surface area contributed by atoms with Gasteiger partial charge in [0, 0.05) is 16.6 Å². The summed E-state index contributed by atoms with van der Waals surface area (Å²) in [5, 5.41) is 15.6. The minimum Gasteiger partial charge on any atom is -0.393 e. The molecular formula is C17H17BrN2O2. The van der Waals surface area contributed by atoms with Crippen molar-refractivity contribution in [1.29, 1.82) is 0 Å². The second kappa shape index (κ2) is 6.50. The summed E-state index contributed by atoms with van der Waals surface area (Å²) < 4.78 is 0.829. The molecule has 0 fully saturated rings. The molecule has 5 heteroatoms. The highest BCUT2D eigenvalue weighted by atomic mass is 79.9. The summed E-state index contributed by atoms with van der Waals surface area (Å²) in [6.45, 7) is 0. The lowest BCUT2D eigenvalue weighted by molar-refractivity contribution is 0.159. The number of amides is 2. The van der Waals surface area contributed by atoms with Crippen LogP contribution in [0.2, 0.25) is 0 Å². The third kappa shape index (κ3) is 3.31. The molecule has 1 aliphatic rings.